The number of halogens is 1. The van der Waals surface area contributed by atoms with Crippen LogP contribution in [0.15, 0.2) is 34.8 Å². The Hall–Kier alpha value is -2.66. The third-order valence-corrected chi connectivity index (χ3v) is 7.12. The number of aromatic nitrogens is 1. The molecule has 0 amide bonds. The molecule has 1 fully saturated rings. The number of carbonyl (C=O) groups is 1. The van der Waals surface area contributed by atoms with Crippen molar-refractivity contribution in [3.8, 4) is 11.8 Å². The first kappa shape index (κ1) is 21.2. The van der Waals surface area contributed by atoms with E-state index in [1.807, 2.05) is 38.1 Å². The molecule has 1 aliphatic carbocycles. The highest BCUT2D eigenvalue weighted by Gasteiger charge is 2.40. The summed E-state index contributed by atoms with van der Waals surface area (Å²) in [5.41, 5.74) is 3.90. The van der Waals surface area contributed by atoms with Gasteiger partial charge in [-0.05, 0) is 59.6 Å². The fourth-order valence-corrected chi connectivity index (χ4v) is 5.19. The molecule has 7 heteroatoms. The Balaban J connectivity index is 1.53. The summed E-state index contributed by atoms with van der Waals surface area (Å²) < 4.78 is 18.1. The average Bonchev–Trinajstić information content (AvgIpc) is 3.32. The molecule has 32 heavy (non-hydrogen) atoms. The van der Waals surface area contributed by atoms with Crippen molar-refractivity contribution in [2.75, 3.05) is 13.2 Å². The maximum absolute atomic E-state index is 13.5. The quantitative estimate of drug-likeness (QED) is 0.540. The first-order chi connectivity index (χ1) is 15.1. The second kappa shape index (κ2) is 7.17. The monoisotopic (exact) mass is 494 g/mol. The number of carbonyl (C=O) groups excluding carboxylic acids is 1. The van der Waals surface area contributed by atoms with Crippen LogP contribution in [0.25, 0.3) is 10.9 Å². The minimum Gasteiger partial charge on any atom is -0.491 e. The van der Waals surface area contributed by atoms with Crippen LogP contribution in [0.4, 0.5) is 0 Å². The summed E-state index contributed by atoms with van der Waals surface area (Å²) in [7, 11) is 0. The topological polar surface area (TPSA) is 84.3 Å². The lowest BCUT2D eigenvalue weighted by Gasteiger charge is -2.32. The van der Waals surface area contributed by atoms with E-state index in [2.05, 4.69) is 40.8 Å². The average molecular weight is 495 g/mol. The molecule has 1 N–H and O–H groups in total. The van der Waals surface area contributed by atoms with Gasteiger partial charge in [0.1, 0.15) is 24.5 Å². The molecule has 5 rings (SSSR count). The number of nitriles is 1. The molecule has 0 saturated carbocycles. The molecule has 2 aromatic carbocycles. The molecule has 1 aliphatic heterocycles. The van der Waals surface area contributed by atoms with Crippen LogP contribution in [0.1, 0.15) is 60.4 Å². The van der Waals surface area contributed by atoms with E-state index in [4.69, 9.17) is 14.2 Å². The fraction of sp³-hybridized carbons (Fsp3) is 0.360. The summed E-state index contributed by atoms with van der Waals surface area (Å²) >= 11 is 3.53. The van der Waals surface area contributed by atoms with E-state index in [0.29, 0.717) is 40.1 Å². The maximum atomic E-state index is 13.5. The number of ether oxygens (including phenoxy) is 3. The molecule has 2 heterocycles. The van der Waals surface area contributed by atoms with E-state index in [1.165, 1.54) is 0 Å². The number of hydrogen-bond acceptors (Lipinski definition) is 5. The van der Waals surface area contributed by atoms with E-state index in [-0.39, 0.29) is 11.9 Å². The molecule has 0 radical (unpaired) electrons. The van der Waals surface area contributed by atoms with Crippen molar-refractivity contribution in [3.05, 3.63) is 62.8 Å². The standard InChI is InChI=1S/C25H23BrN2O4/c1-24(2)18-9-14(30-11-15-12-31-25(3,4)32-15)6-8-16(18)22(29)19-17-7-5-13(10-27)20(26)21(17)28-23(19)24/h5-9,15,28H,11-12H2,1-4H3/t15-/m1/s1. The predicted molar refractivity (Wildman–Crippen MR) is 123 cm³/mol. The molecule has 0 unspecified atom stereocenters. The summed E-state index contributed by atoms with van der Waals surface area (Å²) in [4.78, 5) is 16.9. The Labute approximate surface area is 194 Å². The molecule has 164 valence electrons. The zero-order valence-corrected chi connectivity index (χ0v) is 19.9. The van der Waals surface area contributed by atoms with Crippen molar-refractivity contribution < 1.29 is 19.0 Å². The smallest absolute Gasteiger partial charge is 0.195 e. The lowest BCUT2D eigenvalue weighted by atomic mass is 9.71. The van der Waals surface area contributed by atoms with Gasteiger partial charge in [-0.1, -0.05) is 19.9 Å². The van der Waals surface area contributed by atoms with Gasteiger partial charge in [-0.2, -0.15) is 5.26 Å². The van der Waals surface area contributed by atoms with Crippen molar-refractivity contribution in [1.82, 2.24) is 4.98 Å². The van der Waals surface area contributed by atoms with E-state index in [9.17, 15) is 10.1 Å². The van der Waals surface area contributed by atoms with Gasteiger partial charge in [-0.25, -0.2) is 0 Å². The van der Waals surface area contributed by atoms with Crippen LogP contribution < -0.4 is 4.74 Å². The molecule has 1 atom stereocenters. The lowest BCUT2D eigenvalue weighted by Crippen LogP contribution is -2.30. The lowest BCUT2D eigenvalue weighted by molar-refractivity contribution is -0.141. The number of hydrogen-bond donors (Lipinski definition) is 1. The van der Waals surface area contributed by atoms with Crippen LogP contribution in [0, 0.1) is 11.3 Å². The molecule has 3 aromatic rings. The molecular weight excluding hydrogens is 472 g/mol. The van der Waals surface area contributed by atoms with Gasteiger partial charge in [0.05, 0.1) is 27.7 Å². The first-order valence-corrected chi connectivity index (χ1v) is 11.3. The number of H-pyrrole nitrogens is 1. The second-order valence-corrected chi connectivity index (χ2v) is 10.1. The highest BCUT2D eigenvalue weighted by molar-refractivity contribution is 9.10. The first-order valence-electron chi connectivity index (χ1n) is 10.5. The number of fused-ring (bicyclic) bond motifs is 4. The molecule has 6 nitrogen and oxygen atoms in total. The van der Waals surface area contributed by atoms with Crippen molar-refractivity contribution >= 4 is 32.6 Å². The van der Waals surface area contributed by atoms with Crippen LogP contribution in [0.5, 0.6) is 5.75 Å². The van der Waals surface area contributed by atoms with Gasteiger partial charge < -0.3 is 19.2 Å². The number of nitrogens with one attached hydrogen (secondary N) is 1. The van der Waals surface area contributed by atoms with Gasteiger partial charge in [0.15, 0.2) is 11.6 Å². The van der Waals surface area contributed by atoms with E-state index in [1.54, 1.807) is 6.07 Å². The van der Waals surface area contributed by atoms with Gasteiger partial charge >= 0.3 is 0 Å². The Kier molecular flexibility index (Phi) is 4.75. The minimum absolute atomic E-state index is 0.0296. The Morgan fingerprint density at radius 3 is 2.72 bits per heavy atom. The molecule has 2 aliphatic rings. The van der Waals surface area contributed by atoms with Crippen molar-refractivity contribution in [3.63, 3.8) is 0 Å². The van der Waals surface area contributed by atoms with Crippen LogP contribution in [-0.4, -0.2) is 35.9 Å². The van der Waals surface area contributed by atoms with Crippen molar-refractivity contribution in [2.45, 2.75) is 45.0 Å². The number of ketones is 1. The summed E-state index contributed by atoms with van der Waals surface area (Å²) in [6, 6.07) is 11.4. The van der Waals surface area contributed by atoms with Gasteiger partial charge in [-0.15, -0.1) is 0 Å². The molecule has 0 bridgehead atoms. The third-order valence-electron chi connectivity index (χ3n) is 6.30. The Morgan fingerprint density at radius 2 is 2.03 bits per heavy atom. The SMILES string of the molecule is CC1(C)OC[C@@H](COc2ccc3c(c2)C(C)(C)c2[nH]c4c(Br)c(C#N)ccc4c2C3=O)O1. The summed E-state index contributed by atoms with van der Waals surface area (Å²) in [5, 5.41) is 10.2. The van der Waals surface area contributed by atoms with E-state index >= 15 is 0 Å². The maximum Gasteiger partial charge on any atom is 0.195 e. The number of rotatable bonds is 3. The second-order valence-electron chi connectivity index (χ2n) is 9.26. The fourth-order valence-electron chi connectivity index (χ4n) is 4.65. The highest BCUT2D eigenvalue weighted by atomic mass is 79.9. The van der Waals surface area contributed by atoms with Gasteiger partial charge in [0.25, 0.3) is 0 Å². The van der Waals surface area contributed by atoms with E-state index in [0.717, 1.165) is 22.2 Å². The van der Waals surface area contributed by atoms with Crippen LogP contribution in [-0.2, 0) is 14.9 Å². The largest absolute Gasteiger partial charge is 0.491 e. The van der Waals surface area contributed by atoms with E-state index < -0.39 is 11.2 Å². The summed E-state index contributed by atoms with van der Waals surface area (Å²) in [5.74, 6) is 0.0627. The summed E-state index contributed by atoms with van der Waals surface area (Å²) in [6.45, 7) is 8.81. The zero-order chi connectivity index (χ0) is 22.8. The van der Waals surface area contributed by atoms with Crippen LogP contribution in [0.2, 0.25) is 0 Å². The number of benzene rings is 2. The molecule has 1 aromatic heterocycles. The Bertz CT molecular complexity index is 1320. The van der Waals surface area contributed by atoms with Crippen molar-refractivity contribution in [2.24, 2.45) is 0 Å². The van der Waals surface area contributed by atoms with Gasteiger partial charge in [0.2, 0.25) is 0 Å². The molecular formula is C25H23BrN2O4. The summed E-state index contributed by atoms with van der Waals surface area (Å²) in [6.07, 6.45) is -0.136. The Morgan fingerprint density at radius 1 is 1.25 bits per heavy atom. The number of nitrogens with zero attached hydrogens (tertiary/aromatic N) is 1. The molecule has 1 saturated heterocycles. The number of aromatic amines is 1. The van der Waals surface area contributed by atoms with Crippen LogP contribution >= 0.6 is 15.9 Å². The van der Waals surface area contributed by atoms with Gasteiger partial charge in [-0.3, -0.25) is 4.79 Å². The third kappa shape index (κ3) is 3.17. The van der Waals surface area contributed by atoms with Gasteiger partial charge in [0, 0.05) is 22.1 Å². The zero-order valence-electron chi connectivity index (χ0n) is 18.3. The normalized spacial score (nSPS) is 20.6. The predicted octanol–water partition coefficient (Wildman–Crippen LogP) is 5.20. The van der Waals surface area contributed by atoms with Crippen LogP contribution in [0.3, 0.4) is 0 Å². The van der Waals surface area contributed by atoms with Crippen molar-refractivity contribution in [1.29, 1.82) is 5.26 Å². The minimum atomic E-state index is -0.593. The molecule has 0 spiro atoms. The highest BCUT2D eigenvalue weighted by Crippen LogP contribution is 2.46.